The fourth-order valence-electron chi connectivity index (χ4n) is 0.770. The van der Waals surface area contributed by atoms with Gasteiger partial charge >= 0.3 is 6.03 Å². The lowest BCUT2D eigenvalue weighted by Crippen LogP contribution is -2.47. The van der Waals surface area contributed by atoms with E-state index in [2.05, 4.69) is 10.6 Å². The number of rotatable bonds is 4. The minimum atomic E-state index is -0.350. The lowest BCUT2D eigenvalue weighted by atomic mass is 10.2. The number of amidine groups is 1. The zero-order valence-corrected chi connectivity index (χ0v) is 7.48. The number of urea groups is 1. The maximum absolute atomic E-state index is 10.9. The Morgan fingerprint density at radius 1 is 1.58 bits per heavy atom. The molecule has 70 valence electrons. The van der Waals surface area contributed by atoms with Crippen molar-refractivity contribution in [3.05, 3.63) is 0 Å². The van der Waals surface area contributed by atoms with Crippen molar-refractivity contribution in [1.82, 2.24) is 10.6 Å². The Hall–Kier alpha value is -1.26. The van der Waals surface area contributed by atoms with Gasteiger partial charge in [0.2, 0.25) is 0 Å². The lowest BCUT2D eigenvalue weighted by molar-refractivity contribution is 0.239. The molecule has 5 N–H and O–H groups in total. The summed E-state index contributed by atoms with van der Waals surface area (Å²) in [6.07, 6.45) is 0.631. The van der Waals surface area contributed by atoms with Crippen molar-refractivity contribution in [1.29, 1.82) is 5.41 Å². The van der Waals surface area contributed by atoms with E-state index in [-0.39, 0.29) is 17.9 Å². The van der Waals surface area contributed by atoms with E-state index in [4.69, 9.17) is 11.1 Å². The third kappa shape index (κ3) is 3.80. The molecule has 1 unspecified atom stereocenters. The van der Waals surface area contributed by atoms with Gasteiger partial charge in [0.05, 0.1) is 6.04 Å². The van der Waals surface area contributed by atoms with Crippen molar-refractivity contribution < 1.29 is 4.79 Å². The Morgan fingerprint density at radius 2 is 2.17 bits per heavy atom. The monoisotopic (exact) mass is 172 g/mol. The van der Waals surface area contributed by atoms with E-state index >= 15 is 0 Å². The van der Waals surface area contributed by atoms with Crippen LogP contribution >= 0.6 is 0 Å². The molecular formula is C7H16N4O. The van der Waals surface area contributed by atoms with Crippen molar-refractivity contribution >= 4 is 11.9 Å². The molecule has 5 heteroatoms. The van der Waals surface area contributed by atoms with Crippen LogP contribution < -0.4 is 16.4 Å². The number of hydrogen-bond donors (Lipinski definition) is 4. The third-order valence-corrected chi connectivity index (χ3v) is 1.43. The summed E-state index contributed by atoms with van der Waals surface area (Å²) in [5, 5.41) is 12.2. The number of nitrogens with one attached hydrogen (secondary N) is 3. The second-order valence-electron chi connectivity index (χ2n) is 2.42. The molecule has 0 aliphatic carbocycles. The molecule has 1 atom stereocenters. The molecule has 0 bridgehead atoms. The number of hydrogen-bond acceptors (Lipinski definition) is 2. The molecule has 0 saturated heterocycles. The van der Waals surface area contributed by atoms with Gasteiger partial charge in [0, 0.05) is 6.54 Å². The van der Waals surface area contributed by atoms with Crippen LogP contribution in [0, 0.1) is 5.41 Å². The SMILES string of the molecule is CCNC(=O)NC(CC)C(=N)N. The largest absolute Gasteiger partial charge is 0.386 e. The van der Waals surface area contributed by atoms with Crippen molar-refractivity contribution in [3.8, 4) is 0 Å². The summed E-state index contributed by atoms with van der Waals surface area (Å²) in [5.41, 5.74) is 5.23. The number of nitrogens with two attached hydrogens (primary N) is 1. The van der Waals surface area contributed by atoms with Crippen LogP contribution in [0.25, 0.3) is 0 Å². The van der Waals surface area contributed by atoms with Gasteiger partial charge in [-0.1, -0.05) is 6.92 Å². The van der Waals surface area contributed by atoms with Gasteiger partial charge in [0.1, 0.15) is 5.84 Å². The van der Waals surface area contributed by atoms with Gasteiger partial charge in [-0.05, 0) is 13.3 Å². The maximum Gasteiger partial charge on any atom is 0.315 e. The van der Waals surface area contributed by atoms with Crippen LogP contribution in [-0.2, 0) is 0 Å². The first-order chi connectivity index (χ1) is 5.61. The van der Waals surface area contributed by atoms with E-state index in [0.29, 0.717) is 13.0 Å². The van der Waals surface area contributed by atoms with E-state index in [1.54, 1.807) is 0 Å². The van der Waals surface area contributed by atoms with Crippen LogP contribution in [0.1, 0.15) is 20.3 Å². The average Bonchev–Trinajstić information content (AvgIpc) is 2.00. The summed E-state index contributed by atoms with van der Waals surface area (Å²) in [5.74, 6) is -0.0104. The summed E-state index contributed by atoms with van der Waals surface area (Å²) in [7, 11) is 0. The first kappa shape index (κ1) is 10.7. The molecule has 0 saturated carbocycles. The minimum Gasteiger partial charge on any atom is -0.386 e. The third-order valence-electron chi connectivity index (χ3n) is 1.43. The zero-order valence-electron chi connectivity index (χ0n) is 7.48. The van der Waals surface area contributed by atoms with E-state index in [9.17, 15) is 4.79 Å². The van der Waals surface area contributed by atoms with Crippen LogP contribution in [0.5, 0.6) is 0 Å². The molecule has 0 rings (SSSR count). The molecular weight excluding hydrogens is 156 g/mol. The molecule has 0 aliphatic rings. The molecule has 0 spiro atoms. The van der Waals surface area contributed by atoms with Crippen LogP contribution in [0.3, 0.4) is 0 Å². The van der Waals surface area contributed by atoms with Crippen molar-refractivity contribution in [2.75, 3.05) is 6.54 Å². The highest BCUT2D eigenvalue weighted by atomic mass is 16.2. The van der Waals surface area contributed by atoms with Crippen molar-refractivity contribution in [2.24, 2.45) is 5.73 Å². The molecule has 5 nitrogen and oxygen atoms in total. The highest BCUT2D eigenvalue weighted by Gasteiger charge is 2.11. The van der Waals surface area contributed by atoms with Gasteiger partial charge in [-0.25, -0.2) is 4.79 Å². The number of carbonyl (C=O) groups is 1. The molecule has 0 aliphatic heterocycles. The average molecular weight is 172 g/mol. The Labute approximate surface area is 72.2 Å². The molecule has 0 aromatic carbocycles. The summed E-state index contributed by atoms with van der Waals surface area (Å²) >= 11 is 0. The molecule has 0 aromatic heterocycles. The normalized spacial score (nSPS) is 11.8. The molecule has 0 radical (unpaired) electrons. The summed E-state index contributed by atoms with van der Waals surface area (Å²) in [4.78, 5) is 10.9. The predicted molar refractivity (Wildman–Crippen MR) is 48.2 cm³/mol. The van der Waals surface area contributed by atoms with Gasteiger partial charge in [-0.2, -0.15) is 0 Å². The molecule has 0 aromatic rings. The van der Waals surface area contributed by atoms with Gasteiger partial charge in [0.15, 0.2) is 0 Å². The van der Waals surface area contributed by atoms with E-state index in [1.165, 1.54) is 0 Å². The summed E-state index contributed by atoms with van der Waals surface area (Å²) in [6, 6.07) is -0.629. The standard InChI is InChI=1S/C7H16N4O/c1-3-5(6(8)9)11-7(12)10-4-2/h5H,3-4H2,1-2H3,(H3,8,9)(H2,10,11,12). The van der Waals surface area contributed by atoms with Gasteiger partial charge in [-0.3, -0.25) is 5.41 Å². The lowest BCUT2D eigenvalue weighted by Gasteiger charge is -2.14. The van der Waals surface area contributed by atoms with Crippen LogP contribution in [0.2, 0.25) is 0 Å². The van der Waals surface area contributed by atoms with E-state index in [0.717, 1.165) is 0 Å². The molecule has 2 amide bonds. The fourth-order valence-corrected chi connectivity index (χ4v) is 0.770. The summed E-state index contributed by atoms with van der Waals surface area (Å²) in [6.45, 7) is 4.26. The molecule has 0 heterocycles. The summed E-state index contributed by atoms with van der Waals surface area (Å²) < 4.78 is 0. The van der Waals surface area contributed by atoms with Crippen LogP contribution in [0.15, 0.2) is 0 Å². The maximum atomic E-state index is 10.9. The quantitative estimate of drug-likeness (QED) is 0.355. The highest BCUT2D eigenvalue weighted by Crippen LogP contribution is 1.88. The van der Waals surface area contributed by atoms with E-state index < -0.39 is 0 Å². The molecule has 12 heavy (non-hydrogen) atoms. The molecule has 0 fully saturated rings. The Morgan fingerprint density at radius 3 is 2.50 bits per heavy atom. The van der Waals surface area contributed by atoms with Crippen molar-refractivity contribution in [3.63, 3.8) is 0 Å². The predicted octanol–water partition coefficient (Wildman–Crippen LogP) is 0.0201. The van der Waals surface area contributed by atoms with Gasteiger partial charge < -0.3 is 16.4 Å². The number of carbonyl (C=O) groups excluding carboxylic acids is 1. The first-order valence-electron chi connectivity index (χ1n) is 4.00. The van der Waals surface area contributed by atoms with Crippen LogP contribution in [0.4, 0.5) is 4.79 Å². The van der Waals surface area contributed by atoms with E-state index in [1.807, 2.05) is 13.8 Å². The smallest absolute Gasteiger partial charge is 0.315 e. The number of amides is 2. The first-order valence-corrected chi connectivity index (χ1v) is 4.00. The second kappa shape index (κ2) is 5.40. The fraction of sp³-hybridized carbons (Fsp3) is 0.714. The highest BCUT2D eigenvalue weighted by molar-refractivity contribution is 5.87. The Balaban J connectivity index is 3.85. The van der Waals surface area contributed by atoms with Gasteiger partial charge in [-0.15, -0.1) is 0 Å². The van der Waals surface area contributed by atoms with Crippen LogP contribution in [-0.4, -0.2) is 24.5 Å². The Kier molecular flexibility index (Phi) is 4.83. The van der Waals surface area contributed by atoms with Gasteiger partial charge in [0.25, 0.3) is 0 Å². The second-order valence-corrected chi connectivity index (χ2v) is 2.42. The zero-order chi connectivity index (χ0) is 9.56. The topological polar surface area (TPSA) is 91.0 Å². The Bertz CT molecular complexity index is 169. The minimum absolute atomic E-state index is 0.0104. The van der Waals surface area contributed by atoms with Crippen molar-refractivity contribution in [2.45, 2.75) is 26.3 Å².